The first-order chi connectivity index (χ1) is 9.89. The molecule has 0 aliphatic heterocycles. The fraction of sp³-hybridized carbons (Fsp3) is 0.333. The Labute approximate surface area is 125 Å². The number of rotatable bonds is 2. The summed E-state index contributed by atoms with van der Waals surface area (Å²) in [4.78, 5) is 24.9. The SMILES string of the molecule is CC1(C)CC(=O)C(C(=O)c2cccc3nnsc23)=C(O)C1. The van der Waals surface area contributed by atoms with Gasteiger partial charge >= 0.3 is 0 Å². The Balaban J connectivity index is 2.10. The molecule has 0 bridgehead atoms. The summed E-state index contributed by atoms with van der Waals surface area (Å²) in [6.07, 6.45) is 0.589. The summed E-state index contributed by atoms with van der Waals surface area (Å²) >= 11 is 1.11. The van der Waals surface area contributed by atoms with E-state index >= 15 is 0 Å². The Morgan fingerprint density at radius 3 is 2.81 bits per heavy atom. The van der Waals surface area contributed by atoms with Crippen LogP contribution in [0.3, 0.4) is 0 Å². The Morgan fingerprint density at radius 1 is 1.33 bits per heavy atom. The van der Waals surface area contributed by atoms with Crippen LogP contribution in [-0.2, 0) is 4.79 Å². The van der Waals surface area contributed by atoms with Gasteiger partial charge < -0.3 is 5.11 Å². The summed E-state index contributed by atoms with van der Waals surface area (Å²) in [6, 6.07) is 5.10. The van der Waals surface area contributed by atoms with Crippen LogP contribution < -0.4 is 0 Å². The monoisotopic (exact) mass is 302 g/mol. The second-order valence-electron chi connectivity index (χ2n) is 6.02. The maximum absolute atomic E-state index is 12.7. The molecular weight excluding hydrogens is 288 g/mol. The van der Waals surface area contributed by atoms with Crippen LogP contribution in [-0.4, -0.2) is 26.3 Å². The van der Waals surface area contributed by atoms with Crippen LogP contribution in [0.2, 0.25) is 0 Å². The van der Waals surface area contributed by atoms with Crippen molar-refractivity contribution in [1.29, 1.82) is 0 Å². The van der Waals surface area contributed by atoms with Gasteiger partial charge in [-0.25, -0.2) is 0 Å². The van der Waals surface area contributed by atoms with Gasteiger partial charge in [0.25, 0.3) is 0 Å². The number of fused-ring (bicyclic) bond motifs is 1. The highest BCUT2D eigenvalue weighted by molar-refractivity contribution is 7.13. The molecular formula is C15H14N2O3S. The number of ketones is 2. The van der Waals surface area contributed by atoms with E-state index in [2.05, 4.69) is 9.59 Å². The van der Waals surface area contributed by atoms with Crippen molar-refractivity contribution in [2.45, 2.75) is 26.7 Å². The molecule has 21 heavy (non-hydrogen) atoms. The highest BCUT2D eigenvalue weighted by atomic mass is 32.1. The van der Waals surface area contributed by atoms with Crippen molar-refractivity contribution >= 4 is 33.3 Å². The minimum absolute atomic E-state index is 0.0878. The van der Waals surface area contributed by atoms with Crippen LogP contribution in [0.4, 0.5) is 0 Å². The molecule has 3 rings (SSSR count). The van der Waals surface area contributed by atoms with Gasteiger partial charge in [-0.1, -0.05) is 24.4 Å². The predicted molar refractivity (Wildman–Crippen MR) is 79.4 cm³/mol. The number of hydrogen-bond donors (Lipinski definition) is 1. The quantitative estimate of drug-likeness (QED) is 0.681. The van der Waals surface area contributed by atoms with Gasteiger partial charge in [-0.2, -0.15) is 0 Å². The molecule has 1 aromatic heterocycles. The third-order valence-electron chi connectivity index (χ3n) is 3.60. The van der Waals surface area contributed by atoms with Gasteiger partial charge in [0.2, 0.25) is 5.78 Å². The number of carbonyl (C=O) groups excluding carboxylic acids is 2. The summed E-state index contributed by atoms with van der Waals surface area (Å²) in [6.45, 7) is 3.80. The van der Waals surface area contributed by atoms with Crippen molar-refractivity contribution in [1.82, 2.24) is 9.59 Å². The lowest BCUT2D eigenvalue weighted by atomic mass is 9.75. The van der Waals surface area contributed by atoms with Gasteiger partial charge in [-0.15, -0.1) is 5.10 Å². The maximum Gasteiger partial charge on any atom is 0.201 e. The van der Waals surface area contributed by atoms with Gasteiger partial charge in [0.15, 0.2) is 5.78 Å². The van der Waals surface area contributed by atoms with E-state index in [0.29, 0.717) is 22.2 Å². The molecule has 0 unspecified atom stereocenters. The highest BCUT2D eigenvalue weighted by Crippen LogP contribution is 2.37. The zero-order valence-electron chi connectivity index (χ0n) is 11.7. The first kappa shape index (κ1) is 13.9. The van der Waals surface area contributed by atoms with Crippen molar-refractivity contribution in [2.75, 3.05) is 0 Å². The summed E-state index contributed by atoms with van der Waals surface area (Å²) in [5, 5.41) is 14.1. The number of aliphatic hydroxyl groups is 1. The third kappa shape index (κ3) is 2.35. The molecule has 0 radical (unpaired) electrons. The molecule has 0 atom stereocenters. The molecule has 1 N–H and O–H groups in total. The molecule has 108 valence electrons. The Bertz CT molecular complexity index is 789. The minimum atomic E-state index is -0.440. The minimum Gasteiger partial charge on any atom is -0.511 e. The number of carbonyl (C=O) groups is 2. The maximum atomic E-state index is 12.7. The van der Waals surface area contributed by atoms with E-state index in [1.165, 1.54) is 0 Å². The molecule has 6 heteroatoms. The van der Waals surface area contributed by atoms with Gasteiger partial charge in [0.1, 0.15) is 16.8 Å². The number of aliphatic hydroxyl groups excluding tert-OH is 1. The van der Waals surface area contributed by atoms with E-state index in [1.54, 1.807) is 18.2 Å². The first-order valence-corrected chi connectivity index (χ1v) is 7.37. The fourth-order valence-electron chi connectivity index (χ4n) is 2.66. The normalized spacial score (nSPS) is 18.3. The van der Waals surface area contributed by atoms with Crippen LogP contribution in [0.15, 0.2) is 29.5 Å². The summed E-state index contributed by atoms with van der Waals surface area (Å²) in [7, 11) is 0. The zero-order chi connectivity index (χ0) is 15.2. The van der Waals surface area contributed by atoms with Crippen molar-refractivity contribution in [3.05, 3.63) is 35.1 Å². The highest BCUT2D eigenvalue weighted by Gasteiger charge is 2.36. The van der Waals surface area contributed by atoms with Crippen molar-refractivity contribution < 1.29 is 14.7 Å². The Morgan fingerprint density at radius 2 is 2.10 bits per heavy atom. The second-order valence-corrected chi connectivity index (χ2v) is 6.77. The average molecular weight is 302 g/mol. The molecule has 1 aliphatic carbocycles. The predicted octanol–water partition coefficient (Wildman–Crippen LogP) is 3.08. The van der Waals surface area contributed by atoms with Gasteiger partial charge in [-0.3, -0.25) is 9.59 Å². The van der Waals surface area contributed by atoms with Crippen LogP contribution in [0.1, 0.15) is 37.0 Å². The molecule has 5 nitrogen and oxygen atoms in total. The third-order valence-corrected chi connectivity index (χ3v) is 4.37. The van der Waals surface area contributed by atoms with Gasteiger partial charge in [0.05, 0.1) is 4.70 Å². The standard InChI is InChI=1S/C15H14N2O3S/c1-15(2)6-10(18)12(11(19)7-15)13(20)8-4-3-5-9-14(8)21-17-16-9/h3-5,18H,6-7H2,1-2H3. The first-order valence-electron chi connectivity index (χ1n) is 6.60. The largest absolute Gasteiger partial charge is 0.511 e. The van der Waals surface area contributed by atoms with E-state index in [0.717, 1.165) is 11.5 Å². The van der Waals surface area contributed by atoms with E-state index in [1.807, 2.05) is 13.8 Å². The summed E-state index contributed by atoms with van der Waals surface area (Å²) in [5.74, 6) is -0.858. The number of benzene rings is 1. The van der Waals surface area contributed by atoms with E-state index in [4.69, 9.17) is 0 Å². The number of aromatic nitrogens is 2. The van der Waals surface area contributed by atoms with Crippen molar-refractivity contribution in [2.24, 2.45) is 5.41 Å². The lowest BCUT2D eigenvalue weighted by molar-refractivity contribution is -0.118. The molecule has 0 fully saturated rings. The molecule has 0 saturated heterocycles. The van der Waals surface area contributed by atoms with Crippen molar-refractivity contribution in [3.63, 3.8) is 0 Å². The smallest absolute Gasteiger partial charge is 0.201 e. The Kier molecular flexibility index (Phi) is 3.13. The van der Waals surface area contributed by atoms with Gasteiger partial charge in [0, 0.05) is 18.4 Å². The van der Waals surface area contributed by atoms with Crippen LogP contribution >= 0.6 is 11.5 Å². The van der Waals surface area contributed by atoms with Crippen molar-refractivity contribution in [3.8, 4) is 0 Å². The number of allylic oxidation sites excluding steroid dienone is 2. The van der Waals surface area contributed by atoms with E-state index in [-0.39, 0.29) is 29.0 Å². The number of Topliss-reactive ketones (excluding diaryl/α,β-unsaturated/α-hetero) is 2. The molecule has 0 spiro atoms. The van der Waals surface area contributed by atoms with Crippen LogP contribution in [0.25, 0.3) is 10.2 Å². The summed E-state index contributed by atoms with van der Waals surface area (Å²) < 4.78 is 4.47. The molecule has 0 saturated carbocycles. The lowest BCUT2D eigenvalue weighted by Crippen LogP contribution is -2.29. The topological polar surface area (TPSA) is 80.2 Å². The molecule has 1 heterocycles. The molecule has 0 amide bonds. The average Bonchev–Trinajstić information content (AvgIpc) is 2.83. The number of nitrogens with zero attached hydrogens (tertiary/aromatic N) is 2. The van der Waals surface area contributed by atoms with E-state index < -0.39 is 5.78 Å². The molecule has 2 aromatic rings. The lowest BCUT2D eigenvalue weighted by Gasteiger charge is -2.29. The van der Waals surface area contributed by atoms with Crippen LogP contribution in [0.5, 0.6) is 0 Å². The summed E-state index contributed by atoms with van der Waals surface area (Å²) in [5.41, 5.74) is 0.588. The zero-order valence-corrected chi connectivity index (χ0v) is 12.5. The van der Waals surface area contributed by atoms with E-state index in [9.17, 15) is 14.7 Å². The molecule has 1 aromatic carbocycles. The van der Waals surface area contributed by atoms with Crippen LogP contribution in [0, 0.1) is 5.41 Å². The number of hydrogen-bond acceptors (Lipinski definition) is 6. The Hall–Kier alpha value is -2.08. The fourth-order valence-corrected chi connectivity index (χ4v) is 3.34. The van der Waals surface area contributed by atoms with Gasteiger partial charge in [-0.05, 0) is 29.1 Å². The second kappa shape index (κ2) is 4.73. The molecule has 1 aliphatic rings.